The number of hydrogen-bond acceptors (Lipinski definition) is 7. The largest absolute Gasteiger partial charge is 0.494 e. The van der Waals surface area contributed by atoms with Crippen molar-refractivity contribution in [1.82, 2.24) is 14.8 Å². The minimum atomic E-state index is -0.213. The van der Waals surface area contributed by atoms with Gasteiger partial charge in [-0.05, 0) is 106 Å². The van der Waals surface area contributed by atoms with Crippen molar-refractivity contribution in [3.8, 4) is 11.5 Å². The van der Waals surface area contributed by atoms with Gasteiger partial charge in [0, 0.05) is 43.7 Å². The molecule has 250 valence electrons. The lowest BCUT2D eigenvalue weighted by Gasteiger charge is -2.32. The van der Waals surface area contributed by atoms with Gasteiger partial charge in [-0.3, -0.25) is 4.79 Å². The van der Waals surface area contributed by atoms with Crippen LogP contribution in [0.5, 0.6) is 11.5 Å². The van der Waals surface area contributed by atoms with Crippen LogP contribution >= 0.6 is 0 Å². The van der Waals surface area contributed by atoms with Crippen molar-refractivity contribution >= 4 is 16.9 Å². The summed E-state index contributed by atoms with van der Waals surface area (Å²) < 4.78 is 17.6. The highest BCUT2D eigenvalue weighted by Crippen LogP contribution is 2.30. The van der Waals surface area contributed by atoms with Gasteiger partial charge in [0.25, 0.3) is 0 Å². The summed E-state index contributed by atoms with van der Waals surface area (Å²) >= 11 is 0. The minimum absolute atomic E-state index is 0.178. The van der Waals surface area contributed by atoms with E-state index in [-0.39, 0.29) is 12.1 Å². The van der Waals surface area contributed by atoms with Gasteiger partial charge in [0.1, 0.15) is 23.1 Å². The molecule has 0 bridgehead atoms. The molecule has 0 spiro atoms. The van der Waals surface area contributed by atoms with E-state index in [1.807, 2.05) is 6.07 Å². The number of hydrogen-bond donors (Lipinski definition) is 0. The summed E-state index contributed by atoms with van der Waals surface area (Å²) in [5.41, 5.74) is 4.45. The molecule has 0 atom stereocenters. The third-order valence-electron chi connectivity index (χ3n) is 9.56. The Balaban J connectivity index is 1.08. The molecular weight excluding hydrogens is 574 g/mol. The molecule has 1 aromatic heterocycles. The summed E-state index contributed by atoms with van der Waals surface area (Å²) in [5, 5.41) is 1.10. The first kappa shape index (κ1) is 34.2. The summed E-state index contributed by atoms with van der Waals surface area (Å²) in [4.78, 5) is 21.8. The number of carbonyl (C=O) groups is 1. The molecule has 0 amide bonds. The second-order valence-electron chi connectivity index (χ2n) is 13.2. The number of aryl methyl sites for hydroxylation is 2. The molecule has 2 saturated heterocycles. The van der Waals surface area contributed by atoms with Crippen LogP contribution in [0.25, 0.3) is 10.9 Å². The van der Waals surface area contributed by atoms with Gasteiger partial charge in [-0.2, -0.15) is 0 Å². The number of esters is 1. The lowest BCUT2D eigenvalue weighted by atomic mass is 10.0. The molecule has 7 nitrogen and oxygen atoms in total. The number of pyridine rings is 1. The number of carbonyl (C=O) groups excluding carboxylic acids is 1. The van der Waals surface area contributed by atoms with E-state index in [9.17, 15) is 4.79 Å². The van der Waals surface area contributed by atoms with E-state index in [0.29, 0.717) is 12.8 Å². The van der Waals surface area contributed by atoms with Crippen LogP contribution in [0.4, 0.5) is 0 Å². The highest BCUT2D eigenvalue weighted by Gasteiger charge is 2.22. The van der Waals surface area contributed by atoms with Gasteiger partial charge in [-0.15, -0.1) is 0 Å². The number of fused-ring (bicyclic) bond motifs is 1. The maximum absolute atomic E-state index is 11.7. The number of piperidine rings is 1. The molecule has 3 heterocycles. The second kappa shape index (κ2) is 18.2. The predicted octanol–water partition coefficient (Wildman–Crippen LogP) is 7.41. The predicted molar refractivity (Wildman–Crippen MR) is 186 cm³/mol. The number of rotatable bonds is 16. The van der Waals surface area contributed by atoms with E-state index in [1.165, 1.54) is 57.0 Å². The Hall–Kier alpha value is -3.16. The molecule has 3 aromatic rings. The van der Waals surface area contributed by atoms with Crippen molar-refractivity contribution in [3.05, 3.63) is 65.4 Å². The maximum Gasteiger partial charge on any atom is 0.305 e. The van der Waals surface area contributed by atoms with Crippen molar-refractivity contribution in [2.75, 3.05) is 53.0 Å². The van der Waals surface area contributed by atoms with Crippen LogP contribution in [-0.2, 0) is 28.8 Å². The van der Waals surface area contributed by atoms with Gasteiger partial charge < -0.3 is 24.0 Å². The molecule has 0 unspecified atom stereocenters. The number of methoxy groups -OCH3 is 1. The zero-order valence-corrected chi connectivity index (χ0v) is 28.3. The molecule has 7 heteroatoms. The Morgan fingerprint density at radius 1 is 0.826 bits per heavy atom. The van der Waals surface area contributed by atoms with Gasteiger partial charge in [-0.25, -0.2) is 4.98 Å². The van der Waals surface area contributed by atoms with Crippen LogP contribution in [0.1, 0.15) is 88.0 Å². The van der Waals surface area contributed by atoms with Crippen molar-refractivity contribution in [1.29, 1.82) is 0 Å². The molecule has 2 fully saturated rings. The summed E-state index contributed by atoms with van der Waals surface area (Å²) in [6, 6.07) is 17.3. The molecule has 46 heavy (non-hydrogen) atoms. The summed E-state index contributed by atoms with van der Waals surface area (Å²) in [6.45, 7) is 9.80. The molecular formula is C39H55N3O4. The number of nitrogens with zero attached hydrogens (tertiary/aromatic N) is 3. The van der Waals surface area contributed by atoms with Gasteiger partial charge in [0.2, 0.25) is 0 Å². The maximum atomic E-state index is 11.7. The molecule has 2 aliphatic rings. The molecule has 5 rings (SSSR count). The average Bonchev–Trinajstić information content (AvgIpc) is 3.37. The smallest absolute Gasteiger partial charge is 0.305 e. The van der Waals surface area contributed by atoms with Crippen LogP contribution in [0.15, 0.2) is 48.5 Å². The van der Waals surface area contributed by atoms with E-state index < -0.39 is 0 Å². The van der Waals surface area contributed by atoms with E-state index in [4.69, 9.17) is 19.2 Å². The SMILES string of the molecule is CCCCc1cc(OC2CCN(CCc3ccc(OCCCN4CCCCCC4)cc3)CC2)c2nc(CCC(=O)OC)ccc2c1. The van der Waals surface area contributed by atoms with Gasteiger partial charge >= 0.3 is 5.97 Å². The molecule has 0 saturated carbocycles. The second-order valence-corrected chi connectivity index (χ2v) is 13.2. The van der Waals surface area contributed by atoms with E-state index in [2.05, 4.69) is 59.2 Å². The van der Waals surface area contributed by atoms with Crippen LogP contribution in [0, 0.1) is 0 Å². The number of unbranched alkanes of at least 4 members (excludes halogenated alkanes) is 1. The first-order valence-corrected chi connectivity index (χ1v) is 17.9. The van der Waals surface area contributed by atoms with Crippen LogP contribution < -0.4 is 9.47 Å². The van der Waals surface area contributed by atoms with Crippen molar-refractivity contribution in [3.63, 3.8) is 0 Å². The van der Waals surface area contributed by atoms with Crippen molar-refractivity contribution in [2.45, 2.75) is 96.5 Å². The summed E-state index contributed by atoms with van der Waals surface area (Å²) in [7, 11) is 1.43. The van der Waals surface area contributed by atoms with Crippen LogP contribution in [-0.4, -0.2) is 79.8 Å². The number of benzene rings is 2. The number of aromatic nitrogens is 1. The quantitative estimate of drug-likeness (QED) is 0.121. The average molecular weight is 630 g/mol. The highest BCUT2D eigenvalue weighted by atomic mass is 16.5. The van der Waals surface area contributed by atoms with E-state index in [1.54, 1.807) is 0 Å². The summed E-state index contributed by atoms with van der Waals surface area (Å²) in [6.07, 6.45) is 14.0. The van der Waals surface area contributed by atoms with Gasteiger partial charge in [0.15, 0.2) is 0 Å². The monoisotopic (exact) mass is 629 g/mol. The Morgan fingerprint density at radius 2 is 1.59 bits per heavy atom. The zero-order valence-electron chi connectivity index (χ0n) is 28.3. The first-order valence-electron chi connectivity index (χ1n) is 17.9. The van der Waals surface area contributed by atoms with Gasteiger partial charge in [0.05, 0.1) is 20.1 Å². The van der Waals surface area contributed by atoms with E-state index in [0.717, 1.165) is 106 Å². The van der Waals surface area contributed by atoms with E-state index >= 15 is 0 Å². The van der Waals surface area contributed by atoms with Gasteiger partial charge in [-0.1, -0.05) is 44.4 Å². The lowest BCUT2D eigenvalue weighted by molar-refractivity contribution is -0.140. The van der Waals surface area contributed by atoms with Crippen LogP contribution in [0.3, 0.4) is 0 Å². The molecule has 0 N–H and O–H groups in total. The number of likely N-dealkylation sites (tertiary alicyclic amines) is 2. The van der Waals surface area contributed by atoms with Crippen molar-refractivity contribution in [2.24, 2.45) is 0 Å². The third-order valence-corrected chi connectivity index (χ3v) is 9.56. The molecule has 2 aliphatic heterocycles. The fraction of sp³-hybridized carbons (Fsp3) is 0.590. The fourth-order valence-electron chi connectivity index (χ4n) is 6.70. The topological polar surface area (TPSA) is 64.1 Å². The van der Waals surface area contributed by atoms with Crippen LogP contribution in [0.2, 0.25) is 0 Å². The molecule has 0 radical (unpaired) electrons. The molecule has 2 aromatic carbocycles. The third kappa shape index (κ3) is 10.7. The Kier molecular flexibility index (Phi) is 13.6. The standard InChI is InChI=1S/C39H55N3O4/c1-3-4-10-32-29-33-13-14-34(15-18-38(43)44-2)40-39(33)37(30-32)46-36-20-26-42(27-21-36)25-19-31-11-16-35(17-12-31)45-28-9-24-41-22-7-5-6-8-23-41/h11-14,16-17,29-30,36H,3-10,15,18-28H2,1-2H3. The van der Waals surface area contributed by atoms with Crippen molar-refractivity contribution < 1.29 is 19.0 Å². The first-order chi connectivity index (χ1) is 22.6. The zero-order chi connectivity index (χ0) is 32.0. The summed E-state index contributed by atoms with van der Waals surface area (Å²) in [5.74, 6) is 1.65. The highest BCUT2D eigenvalue weighted by molar-refractivity contribution is 5.85. The molecule has 0 aliphatic carbocycles. The Bertz CT molecular complexity index is 1350. The normalized spacial score (nSPS) is 16.7. The Labute approximate surface area is 276 Å². The lowest BCUT2D eigenvalue weighted by Crippen LogP contribution is -2.39. The minimum Gasteiger partial charge on any atom is -0.494 e. The fourth-order valence-corrected chi connectivity index (χ4v) is 6.70. The Morgan fingerprint density at radius 3 is 2.33 bits per heavy atom. The number of ether oxygens (including phenoxy) is 3.